The van der Waals surface area contributed by atoms with E-state index < -0.39 is 0 Å². The van der Waals surface area contributed by atoms with Gasteiger partial charge in [-0.2, -0.15) is 0 Å². The molecule has 0 aromatic heterocycles. The molecule has 0 unspecified atom stereocenters. The van der Waals surface area contributed by atoms with Gasteiger partial charge in [0.2, 0.25) is 0 Å². The third kappa shape index (κ3) is 6.55. The number of benzene rings is 1. The molecule has 1 aromatic carbocycles. The predicted octanol–water partition coefficient (Wildman–Crippen LogP) is 4.79. The number of halogens is 1. The quantitative estimate of drug-likeness (QED) is 0.413. The zero-order valence-corrected chi connectivity index (χ0v) is 12.9. The second-order valence-corrected chi connectivity index (χ2v) is 5.48. The average molecular weight is 279 g/mol. The van der Waals surface area contributed by atoms with Gasteiger partial charge in [0.25, 0.3) is 0 Å². The number of hydrogen-bond donors (Lipinski definition) is 0. The molecule has 2 heteroatoms. The van der Waals surface area contributed by atoms with Crippen molar-refractivity contribution in [2.45, 2.75) is 40.0 Å². The molecule has 0 saturated carbocycles. The number of aryl methyl sites for hydroxylation is 1. The fourth-order valence-electron chi connectivity index (χ4n) is 1.75. The van der Waals surface area contributed by atoms with Crippen molar-refractivity contribution in [2.24, 2.45) is 5.92 Å². The summed E-state index contributed by atoms with van der Waals surface area (Å²) in [5.74, 6) is 8.45. The third-order valence-electron chi connectivity index (χ3n) is 2.83. The molecule has 0 saturated heterocycles. The Kier molecular flexibility index (Phi) is 7.45. The van der Waals surface area contributed by atoms with E-state index in [1.165, 1.54) is 6.42 Å². The van der Waals surface area contributed by atoms with Gasteiger partial charge in [0.1, 0.15) is 5.75 Å². The van der Waals surface area contributed by atoms with E-state index in [-0.39, 0.29) is 0 Å². The first-order chi connectivity index (χ1) is 9.13. The van der Waals surface area contributed by atoms with E-state index in [4.69, 9.17) is 16.3 Å². The Bertz CT molecular complexity index is 440. The largest absolute Gasteiger partial charge is 0.494 e. The minimum atomic E-state index is 0.586. The van der Waals surface area contributed by atoms with Crippen molar-refractivity contribution in [1.82, 2.24) is 0 Å². The lowest BCUT2D eigenvalue weighted by molar-refractivity contribution is 0.297. The Morgan fingerprint density at radius 3 is 2.74 bits per heavy atom. The summed E-state index contributed by atoms with van der Waals surface area (Å²) in [5, 5.41) is 0. The first-order valence-electron chi connectivity index (χ1n) is 6.91. The summed E-state index contributed by atoms with van der Waals surface area (Å²) in [5.41, 5.74) is 2.21. The highest BCUT2D eigenvalue weighted by molar-refractivity contribution is 6.18. The van der Waals surface area contributed by atoms with Gasteiger partial charge in [0, 0.05) is 17.9 Å². The summed E-state index contributed by atoms with van der Waals surface area (Å²) in [4.78, 5) is 0. The van der Waals surface area contributed by atoms with Crippen LogP contribution in [0.1, 0.15) is 44.2 Å². The molecular weight excluding hydrogens is 256 g/mol. The fraction of sp³-hybridized carbons (Fsp3) is 0.529. The molecule has 0 bridgehead atoms. The molecule has 0 amide bonds. The number of rotatable bonds is 6. The van der Waals surface area contributed by atoms with Crippen LogP contribution in [0.25, 0.3) is 0 Å². The Morgan fingerprint density at radius 2 is 2.11 bits per heavy atom. The van der Waals surface area contributed by atoms with Gasteiger partial charge < -0.3 is 4.74 Å². The molecule has 19 heavy (non-hydrogen) atoms. The molecule has 1 rings (SSSR count). The van der Waals surface area contributed by atoms with Crippen LogP contribution in [0.3, 0.4) is 0 Å². The predicted molar refractivity (Wildman–Crippen MR) is 83.0 cm³/mol. The zero-order chi connectivity index (χ0) is 14.1. The van der Waals surface area contributed by atoms with Crippen LogP contribution in [0.4, 0.5) is 0 Å². The lowest BCUT2D eigenvalue weighted by Gasteiger charge is -2.09. The minimum Gasteiger partial charge on any atom is -0.494 e. The zero-order valence-electron chi connectivity index (χ0n) is 12.1. The molecule has 1 aromatic rings. The standard InChI is InChI=1S/C17H23ClO/c1-14(2)7-6-12-19-17-10-9-16(15(3)13-17)8-4-5-11-18/h9-10,13-14H,5-7,11-12H2,1-3H3. The van der Waals surface area contributed by atoms with Crippen LogP contribution < -0.4 is 4.74 Å². The molecule has 0 aliphatic heterocycles. The lowest BCUT2D eigenvalue weighted by atomic mass is 10.1. The van der Waals surface area contributed by atoms with Gasteiger partial charge >= 0.3 is 0 Å². The fourth-order valence-corrected chi connectivity index (χ4v) is 1.85. The highest BCUT2D eigenvalue weighted by Gasteiger charge is 2.00. The third-order valence-corrected chi connectivity index (χ3v) is 3.02. The molecule has 0 N–H and O–H groups in total. The Morgan fingerprint density at radius 1 is 1.32 bits per heavy atom. The van der Waals surface area contributed by atoms with Crippen LogP contribution in [0.5, 0.6) is 5.75 Å². The van der Waals surface area contributed by atoms with Gasteiger partial charge in [0.05, 0.1) is 6.61 Å². The summed E-state index contributed by atoms with van der Waals surface area (Å²) < 4.78 is 5.75. The molecule has 0 radical (unpaired) electrons. The molecule has 0 atom stereocenters. The van der Waals surface area contributed by atoms with Crippen molar-refractivity contribution in [3.8, 4) is 17.6 Å². The summed E-state index contributed by atoms with van der Waals surface area (Å²) in [6.07, 6.45) is 3.05. The molecule has 0 aliphatic carbocycles. The Labute approximate surface area is 122 Å². The van der Waals surface area contributed by atoms with E-state index in [1.807, 2.05) is 12.1 Å². The van der Waals surface area contributed by atoms with E-state index in [9.17, 15) is 0 Å². The normalized spacial score (nSPS) is 10.2. The molecular formula is C17H23ClO. The molecule has 0 fully saturated rings. The second kappa shape index (κ2) is 8.88. The van der Waals surface area contributed by atoms with Crippen molar-refractivity contribution in [1.29, 1.82) is 0 Å². The van der Waals surface area contributed by atoms with Crippen molar-refractivity contribution >= 4 is 11.6 Å². The molecule has 0 spiro atoms. The topological polar surface area (TPSA) is 9.23 Å². The van der Waals surface area contributed by atoms with Gasteiger partial charge in [-0.15, -0.1) is 11.6 Å². The summed E-state index contributed by atoms with van der Waals surface area (Å²) in [7, 11) is 0. The van der Waals surface area contributed by atoms with Gasteiger partial charge in [-0.1, -0.05) is 25.7 Å². The van der Waals surface area contributed by atoms with Crippen LogP contribution >= 0.6 is 11.6 Å². The average Bonchev–Trinajstić information content (AvgIpc) is 2.37. The van der Waals surface area contributed by atoms with Gasteiger partial charge in [-0.25, -0.2) is 0 Å². The lowest BCUT2D eigenvalue weighted by Crippen LogP contribution is -2.00. The first-order valence-corrected chi connectivity index (χ1v) is 7.45. The second-order valence-electron chi connectivity index (χ2n) is 5.10. The molecule has 0 heterocycles. The number of hydrogen-bond acceptors (Lipinski definition) is 1. The minimum absolute atomic E-state index is 0.586. The highest BCUT2D eigenvalue weighted by Crippen LogP contribution is 2.17. The van der Waals surface area contributed by atoms with Crippen LogP contribution in [0.15, 0.2) is 18.2 Å². The van der Waals surface area contributed by atoms with Crippen molar-refractivity contribution in [3.63, 3.8) is 0 Å². The SMILES string of the molecule is Cc1cc(OCCCC(C)C)ccc1C#CCCCl. The van der Waals surface area contributed by atoms with Crippen molar-refractivity contribution in [3.05, 3.63) is 29.3 Å². The smallest absolute Gasteiger partial charge is 0.119 e. The molecule has 104 valence electrons. The van der Waals surface area contributed by atoms with E-state index in [1.54, 1.807) is 0 Å². The highest BCUT2D eigenvalue weighted by atomic mass is 35.5. The number of ether oxygens (including phenoxy) is 1. The van der Waals surface area contributed by atoms with E-state index in [0.717, 1.165) is 42.2 Å². The molecule has 0 aliphatic rings. The van der Waals surface area contributed by atoms with Gasteiger partial charge in [-0.3, -0.25) is 0 Å². The maximum Gasteiger partial charge on any atom is 0.119 e. The van der Waals surface area contributed by atoms with E-state index in [0.29, 0.717) is 5.88 Å². The van der Waals surface area contributed by atoms with Crippen molar-refractivity contribution < 1.29 is 4.74 Å². The van der Waals surface area contributed by atoms with E-state index in [2.05, 4.69) is 38.7 Å². The summed E-state index contributed by atoms with van der Waals surface area (Å²) in [6.45, 7) is 7.32. The van der Waals surface area contributed by atoms with Crippen LogP contribution in [-0.2, 0) is 0 Å². The maximum atomic E-state index is 5.75. The van der Waals surface area contributed by atoms with Crippen molar-refractivity contribution in [2.75, 3.05) is 12.5 Å². The maximum absolute atomic E-state index is 5.75. The Hall–Kier alpha value is -1.13. The van der Waals surface area contributed by atoms with Gasteiger partial charge in [0.15, 0.2) is 0 Å². The number of alkyl halides is 1. The van der Waals surface area contributed by atoms with Crippen LogP contribution in [-0.4, -0.2) is 12.5 Å². The summed E-state index contributed by atoms with van der Waals surface area (Å²) >= 11 is 5.60. The molecule has 1 nitrogen and oxygen atoms in total. The Balaban J connectivity index is 2.50. The van der Waals surface area contributed by atoms with Crippen LogP contribution in [0.2, 0.25) is 0 Å². The monoisotopic (exact) mass is 278 g/mol. The first kappa shape index (κ1) is 15.9. The van der Waals surface area contributed by atoms with E-state index >= 15 is 0 Å². The van der Waals surface area contributed by atoms with Gasteiger partial charge in [-0.05, 0) is 49.4 Å². The summed E-state index contributed by atoms with van der Waals surface area (Å²) in [6, 6.07) is 6.07. The van der Waals surface area contributed by atoms with Crippen LogP contribution in [0, 0.1) is 24.7 Å².